The van der Waals surface area contributed by atoms with E-state index in [4.69, 9.17) is 11.5 Å². The molecule has 0 aliphatic carbocycles. The number of carboxylic acids is 1. The lowest BCUT2D eigenvalue weighted by molar-refractivity contribution is -0.139. The largest absolute Gasteiger partial charge is 0.480 e. The number of hydrogen-bond donors (Lipinski definition) is 3. The van der Waals surface area contributed by atoms with Gasteiger partial charge in [-0.15, -0.1) is 6.42 Å². The zero-order valence-electron chi connectivity index (χ0n) is 15.2. The predicted octanol–water partition coefficient (Wildman–Crippen LogP) is 0.455. The first-order valence-electron chi connectivity index (χ1n) is 9.46. The van der Waals surface area contributed by atoms with Gasteiger partial charge in [-0.3, -0.25) is 14.4 Å². The fourth-order valence-corrected chi connectivity index (χ4v) is 3.64. The quantitative estimate of drug-likeness (QED) is 0.571. The number of carbonyl (C=O) groups is 3. The van der Waals surface area contributed by atoms with E-state index in [1.807, 2.05) is 0 Å². The topological polar surface area (TPSA) is 98.7 Å². The smallest absolute Gasteiger partial charge is 0.320 e. The van der Waals surface area contributed by atoms with Crippen LogP contribution in [0, 0.1) is 30.1 Å². The van der Waals surface area contributed by atoms with Crippen LogP contribution < -0.4 is 10.6 Å². The van der Waals surface area contributed by atoms with Crippen molar-refractivity contribution in [3.8, 4) is 12.3 Å². The lowest BCUT2D eigenvalue weighted by Crippen LogP contribution is -2.46. The van der Waals surface area contributed by atoms with Crippen molar-refractivity contribution < 1.29 is 19.5 Å². The Morgan fingerprint density at radius 1 is 1.27 bits per heavy atom. The normalized spacial score (nSPS) is 22.3. The van der Waals surface area contributed by atoms with Crippen LogP contribution in [0.4, 0.5) is 0 Å². The van der Waals surface area contributed by atoms with E-state index >= 15 is 0 Å². The summed E-state index contributed by atoms with van der Waals surface area (Å²) in [6, 6.07) is 0. The fourth-order valence-electron chi connectivity index (χ4n) is 3.64. The molecule has 2 heterocycles. The molecular weight excluding hydrogens is 334 g/mol. The molecule has 0 bridgehead atoms. The zero-order valence-corrected chi connectivity index (χ0v) is 15.2. The number of rotatable bonds is 7. The molecule has 2 atom stereocenters. The SMILES string of the molecule is C#C[C@H](CNC(=O)[C@@H]1CCCN(C(=O)CCC2CCNCC2)C1)C(=O)O. The van der Waals surface area contributed by atoms with Crippen LogP contribution in [0.2, 0.25) is 0 Å². The first-order chi connectivity index (χ1) is 12.5. The molecule has 2 rings (SSSR count). The lowest BCUT2D eigenvalue weighted by Gasteiger charge is -2.33. The number of carbonyl (C=O) groups excluding carboxylic acids is 2. The summed E-state index contributed by atoms with van der Waals surface area (Å²) in [5.41, 5.74) is 0. The lowest BCUT2D eigenvalue weighted by atomic mass is 9.92. The number of aliphatic carboxylic acids is 1. The number of amides is 2. The van der Waals surface area contributed by atoms with Crippen LogP contribution in [0.3, 0.4) is 0 Å². The summed E-state index contributed by atoms with van der Waals surface area (Å²) in [6.07, 6.45) is 10.3. The van der Waals surface area contributed by atoms with Crippen molar-refractivity contribution in [2.45, 2.75) is 38.5 Å². The molecule has 0 saturated carbocycles. The summed E-state index contributed by atoms with van der Waals surface area (Å²) in [4.78, 5) is 37.5. The van der Waals surface area contributed by atoms with Gasteiger partial charge in [0.15, 0.2) is 0 Å². The third-order valence-electron chi connectivity index (χ3n) is 5.35. The number of piperidine rings is 2. The summed E-state index contributed by atoms with van der Waals surface area (Å²) < 4.78 is 0. The van der Waals surface area contributed by atoms with Crippen molar-refractivity contribution in [1.29, 1.82) is 0 Å². The maximum atomic E-state index is 12.5. The van der Waals surface area contributed by atoms with Crippen molar-refractivity contribution in [3.05, 3.63) is 0 Å². The Morgan fingerprint density at radius 3 is 2.65 bits per heavy atom. The number of terminal acetylenes is 1. The minimum Gasteiger partial charge on any atom is -0.480 e. The van der Waals surface area contributed by atoms with Crippen molar-refractivity contribution in [1.82, 2.24) is 15.5 Å². The summed E-state index contributed by atoms with van der Waals surface area (Å²) in [7, 11) is 0. The predicted molar refractivity (Wildman–Crippen MR) is 97.1 cm³/mol. The molecule has 0 aromatic carbocycles. The molecule has 0 aromatic heterocycles. The summed E-state index contributed by atoms with van der Waals surface area (Å²) in [6.45, 7) is 3.08. The van der Waals surface area contributed by atoms with Crippen LogP contribution in [0.5, 0.6) is 0 Å². The van der Waals surface area contributed by atoms with Crippen molar-refractivity contribution in [2.75, 3.05) is 32.7 Å². The molecule has 26 heavy (non-hydrogen) atoms. The van der Waals surface area contributed by atoms with E-state index < -0.39 is 11.9 Å². The first-order valence-corrected chi connectivity index (χ1v) is 9.46. The Labute approximate surface area is 154 Å². The monoisotopic (exact) mass is 363 g/mol. The minimum absolute atomic E-state index is 0.0785. The third-order valence-corrected chi connectivity index (χ3v) is 5.35. The highest BCUT2D eigenvalue weighted by atomic mass is 16.4. The second-order valence-corrected chi connectivity index (χ2v) is 7.21. The van der Waals surface area contributed by atoms with E-state index in [0.29, 0.717) is 31.8 Å². The Balaban J connectivity index is 1.76. The number of nitrogens with zero attached hydrogens (tertiary/aromatic N) is 1. The summed E-state index contributed by atoms with van der Waals surface area (Å²) in [5, 5.41) is 14.9. The van der Waals surface area contributed by atoms with E-state index in [-0.39, 0.29) is 24.3 Å². The Hall–Kier alpha value is -2.07. The van der Waals surface area contributed by atoms with E-state index in [1.165, 1.54) is 0 Å². The molecule has 2 amide bonds. The van der Waals surface area contributed by atoms with Crippen LogP contribution in [0.25, 0.3) is 0 Å². The molecule has 2 saturated heterocycles. The second kappa shape index (κ2) is 10.2. The molecule has 3 N–H and O–H groups in total. The van der Waals surface area contributed by atoms with Gasteiger partial charge in [0, 0.05) is 26.1 Å². The number of hydrogen-bond acceptors (Lipinski definition) is 4. The Bertz CT molecular complexity index is 551. The van der Waals surface area contributed by atoms with Crippen LogP contribution in [0.15, 0.2) is 0 Å². The average molecular weight is 363 g/mol. The zero-order chi connectivity index (χ0) is 18.9. The Kier molecular flexibility index (Phi) is 7.92. The highest BCUT2D eigenvalue weighted by Crippen LogP contribution is 2.21. The summed E-state index contributed by atoms with van der Waals surface area (Å²) >= 11 is 0. The van der Waals surface area contributed by atoms with Crippen molar-refractivity contribution in [2.24, 2.45) is 17.8 Å². The van der Waals surface area contributed by atoms with Gasteiger partial charge in [0.25, 0.3) is 0 Å². The molecule has 2 fully saturated rings. The first kappa shape index (κ1) is 20.2. The fraction of sp³-hybridized carbons (Fsp3) is 0.737. The maximum Gasteiger partial charge on any atom is 0.320 e. The van der Waals surface area contributed by atoms with E-state index in [9.17, 15) is 14.4 Å². The van der Waals surface area contributed by atoms with Gasteiger partial charge in [0.2, 0.25) is 11.8 Å². The highest BCUT2D eigenvalue weighted by molar-refractivity contribution is 5.82. The van der Waals surface area contributed by atoms with E-state index in [2.05, 4.69) is 16.6 Å². The number of likely N-dealkylation sites (tertiary alicyclic amines) is 1. The van der Waals surface area contributed by atoms with Crippen molar-refractivity contribution in [3.63, 3.8) is 0 Å². The summed E-state index contributed by atoms with van der Waals surface area (Å²) in [5.74, 6) is 0.227. The van der Waals surface area contributed by atoms with Gasteiger partial charge in [0.05, 0.1) is 5.92 Å². The molecule has 7 heteroatoms. The van der Waals surface area contributed by atoms with Gasteiger partial charge in [0.1, 0.15) is 5.92 Å². The second-order valence-electron chi connectivity index (χ2n) is 7.21. The average Bonchev–Trinajstić information content (AvgIpc) is 2.67. The standard InChI is InChI=1S/C19H29N3O4/c1-2-15(19(25)26)12-21-18(24)16-4-3-11-22(13-16)17(23)6-5-14-7-9-20-10-8-14/h1,14-16,20H,3-13H2,(H,21,24)(H,25,26)/t15-,16-/m1/s1. The molecule has 0 aromatic rings. The molecule has 7 nitrogen and oxygen atoms in total. The van der Waals surface area contributed by atoms with Crippen LogP contribution in [-0.4, -0.2) is 60.5 Å². The van der Waals surface area contributed by atoms with Crippen LogP contribution >= 0.6 is 0 Å². The molecule has 0 radical (unpaired) electrons. The number of carboxylic acid groups (broad SMARTS) is 1. The molecule has 144 valence electrons. The molecule has 2 aliphatic rings. The molecule has 2 aliphatic heterocycles. The van der Waals surface area contributed by atoms with Gasteiger partial charge in [-0.05, 0) is 51.1 Å². The van der Waals surface area contributed by atoms with Crippen LogP contribution in [0.1, 0.15) is 38.5 Å². The van der Waals surface area contributed by atoms with Crippen LogP contribution in [-0.2, 0) is 14.4 Å². The Morgan fingerprint density at radius 2 is 2.00 bits per heavy atom. The van der Waals surface area contributed by atoms with E-state index in [1.54, 1.807) is 4.90 Å². The van der Waals surface area contributed by atoms with E-state index in [0.717, 1.165) is 38.8 Å². The van der Waals surface area contributed by atoms with Gasteiger partial charge < -0.3 is 20.6 Å². The van der Waals surface area contributed by atoms with Crippen molar-refractivity contribution >= 4 is 17.8 Å². The molecule has 0 spiro atoms. The number of nitrogens with one attached hydrogen (secondary N) is 2. The van der Waals surface area contributed by atoms with Gasteiger partial charge in [-0.1, -0.05) is 5.92 Å². The molecule has 0 unspecified atom stereocenters. The van der Waals surface area contributed by atoms with Gasteiger partial charge in [-0.25, -0.2) is 0 Å². The molecular formula is C19H29N3O4. The highest BCUT2D eigenvalue weighted by Gasteiger charge is 2.29. The maximum absolute atomic E-state index is 12.5. The third kappa shape index (κ3) is 6.03. The van der Waals surface area contributed by atoms with Gasteiger partial charge in [-0.2, -0.15) is 0 Å². The minimum atomic E-state index is -1.12. The van der Waals surface area contributed by atoms with Gasteiger partial charge >= 0.3 is 5.97 Å².